The van der Waals surface area contributed by atoms with Crippen LogP contribution in [-0.2, 0) is 0 Å². The normalized spacial score (nSPS) is 21.7. The van der Waals surface area contributed by atoms with Gasteiger partial charge in [0.15, 0.2) is 0 Å². The molecule has 1 aliphatic rings. The maximum atomic E-state index is 13.2. The van der Waals surface area contributed by atoms with Crippen LogP contribution in [0.2, 0.25) is 5.02 Å². The van der Waals surface area contributed by atoms with Gasteiger partial charge in [0.05, 0.1) is 16.0 Å². The van der Waals surface area contributed by atoms with Gasteiger partial charge in [-0.05, 0) is 24.8 Å². The van der Waals surface area contributed by atoms with Crippen molar-refractivity contribution in [3.63, 3.8) is 0 Å². The molecule has 6 heteroatoms. The first kappa shape index (κ1) is 13.1. The molecule has 1 N–H and O–H groups in total. The molecule has 1 fully saturated rings. The summed E-state index contributed by atoms with van der Waals surface area (Å²) in [4.78, 5) is 10.3. The fourth-order valence-electron chi connectivity index (χ4n) is 2.12. The standard InChI is InChI=1S/C12H14ClFN2O2/c1-2-3-7-4-10(7)15-11-5-8(13)9(14)6-12(11)16(17)18/h5-7,10,15H,2-4H2,1H3. The topological polar surface area (TPSA) is 55.2 Å². The number of anilines is 1. The Morgan fingerprint density at radius 2 is 2.33 bits per heavy atom. The Hall–Kier alpha value is -1.36. The number of nitrogens with one attached hydrogen (secondary N) is 1. The number of nitro groups is 1. The third-order valence-corrected chi connectivity index (χ3v) is 3.45. The Morgan fingerprint density at radius 1 is 1.61 bits per heavy atom. The molecule has 0 saturated heterocycles. The van der Waals surface area contributed by atoms with Crippen LogP contribution in [0.25, 0.3) is 0 Å². The molecule has 0 spiro atoms. The van der Waals surface area contributed by atoms with E-state index in [1.165, 1.54) is 6.07 Å². The lowest BCUT2D eigenvalue weighted by Crippen LogP contribution is -2.07. The van der Waals surface area contributed by atoms with Crippen molar-refractivity contribution >= 4 is 23.0 Å². The molecule has 4 nitrogen and oxygen atoms in total. The van der Waals surface area contributed by atoms with Gasteiger partial charge in [-0.1, -0.05) is 24.9 Å². The van der Waals surface area contributed by atoms with Gasteiger partial charge in [0.2, 0.25) is 0 Å². The minimum atomic E-state index is -0.769. The Balaban J connectivity index is 2.17. The fraction of sp³-hybridized carbons (Fsp3) is 0.500. The van der Waals surface area contributed by atoms with Crippen LogP contribution in [0.4, 0.5) is 15.8 Å². The first-order chi connectivity index (χ1) is 8.52. The predicted octanol–water partition coefficient (Wildman–Crippen LogP) is 3.99. The van der Waals surface area contributed by atoms with Crippen molar-refractivity contribution in [1.82, 2.24) is 0 Å². The number of nitrogens with zero attached hydrogens (tertiary/aromatic N) is 1. The summed E-state index contributed by atoms with van der Waals surface area (Å²) in [6.07, 6.45) is 3.19. The third-order valence-electron chi connectivity index (χ3n) is 3.16. The largest absolute Gasteiger partial charge is 0.376 e. The van der Waals surface area contributed by atoms with Crippen molar-refractivity contribution in [3.8, 4) is 0 Å². The van der Waals surface area contributed by atoms with E-state index in [1.54, 1.807) is 0 Å². The molecule has 0 bridgehead atoms. The maximum Gasteiger partial charge on any atom is 0.295 e. The van der Waals surface area contributed by atoms with Crippen molar-refractivity contribution in [1.29, 1.82) is 0 Å². The highest BCUT2D eigenvalue weighted by Crippen LogP contribution is 2.40. The average Bonchev–Trinajstić information content (AvgIpc) is 3.01. The van der Waals surface area contributed by atoms with Gasteiger partial charge < -0.3 is 5.32 Å². The summed E-state index contributed by atoms with van der Waals surface area (Å²) in [6, 6.07) is 2.39. The van der Waals surface area contributed by atoms with E-state index in [4.69, 9.17) is 11.6 Å². The lowest BCUT2D eigenvalue weighted by atomic mass is 10.2. The van der Waals surface area contributed by atoms with Gasteiger partial charge in [0.25, 0.3) is 5.69 Å². The molecular weight excluding hydrogens is 259 g/mol. The summed E-state index contributed by atoms with van der Waals surface area (Å²) in [5.41, 5.74) is 0.0362. The fourth-order valence-corrected chi connectivity index (χ4v) is 2.28. The molecule has 1 aliphatic carbocycles. The van der Waals surface area contributed by atoms with E-state index in [1.807, 2.05) is 0 Å². The average molecular weight is 273 g/mol. The van der Waals surface area contributed by atoms with Crippen LogP contribution in [0.1, 0.15) is 26.2 Å². The zero-order valence-electron chi connectivity index (χ0n) is 9.95. The van der Waals surface area contributed by atoms with E-state index in [0.29, 0.717) is 11.6 Å². The summed E-state index contributed by atoms with van der Waals surface area (Å²) in [7, 11) is 0. The molecule has 0 heterocycles. The van der Waals surface area contributed by atoms with Crippen molar-refractivity contribution < 1.29 is 9.31 Å². The minimum Gasteiger partial charge on any atom is -0.376 e. The minimum absolute atomic E-state index is 0.101. The zero-order valence-corrected chi connectivity index (χ0v) is 10.7. The Labute approximate surface area is 109 Å². The third kappa shape index (κ3) is 2.72. The zero-order chi connectivity index (χ0) is 13.3. The van der Waals surface area contributed by atoms with Gasteiger partial charge in [-0.25, -0.2) is 4.39 Å². The van der Waals surface area contributed by atoms with E-state index in [9.17, 15) is 14.5 Å². The van der Waals surface area contributed by atoms with Gasteiger partial charge in [0, 0.05) is 6.04 Å². The second kappa shape index (κ2) is 5.10. The molecule has 1 aromatic rings. The highest BCUT2D eigenvalue weighted by Gasteiger charge is 2.37. The van der Waals surface area contributed by atoms with Crippen LogP contribution in [0.15, 0.2) is 12.1 Å². The Kier molecular flexibility index (Phi) is 3.71. The number of rotatable bonds is 5. The van der Waals surface area contributed by atoms with Gasteiger partial charge >= 0.3 is 0 Å². The van der Waals surface area contributed by atoms with Crippen LogP contribution >= 0.6 is 11.6 Å². The van der Waals surface area contributed by atoms with Gasteiger partial charge in [-0.2, -0.15) is 0 Å². The van der Waals surface area contributed by atoms with E-state index < -0.39 is 10.7 Å². The second-order valence-corrected chi connectivity index (χ2v) is 4.98. The van der Waals surface area contributed by atoms with E-state index in [2.05, 4.69) is 12.2 Å². The summed E-state index contributed by atoms with van der Waals surface area (Å²) in [6.45, 7) is 2.10. The van der Waals surface area contributed by atoms with Gasteiger partial charge in [0.1, 0.15) is 11.5 Å². The smallest absolute Gasteiger partial charge is 0.295 e. The molecule has 2 unspecified atom stereocenters. The predicted molar refractivity (Wildman–Crippen MR) is 68.5 cm³/mol. The van der Waals surface area contributed by atoms with Crippen molar-refractivity contribution in [2.75, 3.05) is 5.32 Å². The molecule has 98 valence electrons. The maximum absolute atomic E-state index is 13.2. The number of nitro benzene ring substituents is 1. The first-order valence-electron chi connectivity index (χ1n) is 5.93. The summed E-state index contributed by atoms with van der Waals surface area (Å²) >= 11 is 5.65. The van der Waals surface area contributed by atoms with Crippen LogP contribution < -0.4 is 5.32 Å². The molecule has 2 atom stereocenters. The lowest BCUT2D eigenvalue weighted by Gasteiger charge is -2.07. The van der Waals surface area contributed by atoms with E-state index in [-0.39, 0.29) is 16.8 Å². The highest BCUT2D eigenvalue weighted by molar-refractivity contribution is 6.31. The van der Waals surface area contributed by atoms with Crippen molar-refractivity contribution in [3.05, 3.63) is 33.1 Å². The number of hydrogen-bond acceptors (Lipinski definition) is 3. The Bertz CT molecular complexity index is 481. The van der Waals surface area contributed by atoms with Crippen LogP contribution in [0.3, 0.4) is 0 Å². The van der Waals surface area contributed by atoms with Crippen LogP contribution in [0.5, 0.6) is 0 Å². The van der Waals surface area contributed by atoms with Gasteiger partial charge in [-0.15, -0.1) is 0 Å². The van der Waals surface area contributed by atoms with E-state index >= 15 is 0 Å². The molecule has 1 saturated carbocycles. The number of hydrogen-bond donors (Lipinski definition) is 1. The first-order valence-corrected chi connectivity index (χ1v) is 6.30. The SMILES string of the molecule is CCCC1CC1Nc1cc(Cl)c(F)cc1[N+](=O)[O-]. The monoisotopic (exact) mass is 272 g/mol. The summed E-state index contributed by atoms with van der Waals surface area (Å²) < 4.78 is 13.2. The van der Waals surface area contributed by atoms with Crippen molar-refractivity contribution in [2.24, 2.45) is 5.92 Å². The molecule has 0 aromatic heterocycles. The quantitative estimate of drug-likeness (QED) is 0.651. The number of halogens is 2. The molecule has 1 aromatic carbocycles. The Morgan fingerprint density at radius 3 is 2.94 bits per heavy atom. The lowest BCUT2D eigenvalue weighted by molar-refractivity contribution is -0.384. The molecule has 0 amide bonds. The highest BCUT2D eigenvalue weighted by atomic mass is 35.5. The van der Waals surface area contributed by atoms with Crippen LogP contribution in [0, 0.1) is 21.8 Å². The molecule has 0 radical (unpaired) electrons. The summed E-state index contributed by atoms with van der Waals surface area (Å²) in [5, 5.41) is 13.8. The van der Waals surface area contributed by atoms with E-state index in [0.717, 1.165) is 25.3 Å². The van der Waals surface area contributed by atoms with Crippen molar-refractivity contribution in [2.45, 2.75) is 32.2 Å². The number of benzene rings is 1. The summed E-state index contributed by atoms with van der Waals surface area (Å²) in [5.74, 6) is -0.215. The second-order valence-electron chi connectivity index (χ2n) is 4.58. The van der Waals surface area contributed by atoms with Gasteiger partial charge in [-0.3, -0.25) is 10.1 Å². The molecule has 2 rings (SSSR count). The molecule has 0 aliphatic heterocycles. The molecular formula is C12H14ClFN2O2. The van der Waals surface area contributed by atoms with Crippen LogP contribution in [-0.4, -0.2) is 11.0 Å². The molecule has 18 heavy (non-hydrogen) atoms.